The maximum absolute atomic E-state index is 2.56. The van der Waals surface area contributed by atoms with Gasteiger partial charge in [0.05, 0.1) is 0 Å². The third kappa shape index (κ3) is 7.05. The first-order valence-corrected chi connectivity index (χ1v) is 11.2. The van der Waals surface area contributed by atoms with Gasteiger partial charge in [-0.3, -0.25) is 0 Å². The second-order valence-corrected chi connectivity index (χ2v) is 10.4. The van der Waals surface area contributed by atoms with Crippen molar-refractivity contribution >= 4 is 24.8 Å². The summed E-state index contributed by atoms with van der Waals surface area (Å²) in [5.74, 6) is 1.53. The Kier molecular flexibility index (Phi) is 12.1. The molecule has 0 N–H and O–H groups in total. The minimum atomic E-state index is -0.479. The van der Waals surface area contributed by atoms with Crippen LogP contribution in [0, 0.1) is 11.8 Å². The third-order valence-electron chi connectivity index (χ3n) is 4.70. The van der Waals surface area contributed by atoms with Crippen molar-refractivity contribution in [1.82, 2.24) is 0 Å². The van der Waals surface area contributed by atoms with Gasteiger partial charge in [-0.25, -0.2) is 0 Å². The summed E-state index contributed by atoms with van der Waals surface area (Å²) in [5, 5.41) is 0. The van der Waals surface area contributed by atoms with Gasteiger partial charge >= 0.3 is 143 Å². The Hall–Kier alpha value is 0.423. The molecule has 0 spiro atoms. The summed E-state index contributed by atoms with van der Waals surface area (Å²) >= 11 is -0.479. The van der Waals surface area contributed by atoms with E-state index in [0.717, 1.165) is 11.8 Å². The van der Waals surface area contributed by atoms with Gasteiger partial charge in [0.25, 0.3) is 0 Å². The Morgan fingerprint density at radius 2 is 1.22 bits per heavy atom. The van der Waals surface area contributed by atoms with Crippen molar-refractivity contribution < 1.29 is 23.2 Å². The Morgan fingerprint density at radius 3 is 1.57 bits per heavy atom. The second-order valence-electron chi connectivity index (χ2n) is 6.66. The maximum Gasteiger partial charge on any atom is -0.147 e. The standard InChI is InChI=1S/2C10H15.2ClH.Zr/c2*1-3-6-9(2)10-7-4-5-8-10;;;/h2*7-9H,3-4,6H2,1-2H3;2*1H;. The normalized spacial score (nSPS) is 18.8. The van der Waals surface area contributed by atoms with E-state index in [4.69, 9.17) is 0 Å². The fraction of sp³-hybridized carbons (Fsp3) is 0.600. The number of allylic oxidation sites excluding steroid dienone is 8. The zero-order valence-electron chi connectivity index (χ0n) is 15.0. The van der Waals surface area contributed by atoms with Crippen molar-refractivity contribution in [2.24, 2.45) is 11.8 Å². The van der Waals surface area contributed by atoms with E-state index in [-0.39, 0.29) is 24.8 Å². The van der Waals surface area contributed by atoms with Gasteiger partial charge in [0.2, 0.25) is 0 Å². The van der Waals surface area contributed by atoms with E-state index in [1.807, 2.05) is 0 Å². The Bertz CT molecular complexity index is 442. The SMILES string of the molecule is CCCC(C)C1=CC[C]([Zr][C]2=CC(C(C)CCC)=CC2)=C1.Cl.Cl. The Balaban J connectivity index is 0.00000242. The molecule has 2 unspecified atom stereocenters. The van der Waals surface area contributed by atoms with E-state index in [9.17, 15) is 0 Å². The fourth-order valence-corrected chi connectivity index (χ4v) is 6.55. The van der Waals surface area contributed by atoms with Gasteiger partial charge in [-0.05, 0) is 0 Å². The summed E-state index contributed by atoms with van der Waals surface area (Å²) in [6, 6.07) is 0. The molecule has 0 saturated heterocycles. The van der Waals surface area contributed by atoms with Crippen molar-refractivity contribution in [2.75, 3.05) is 0 Å². The summed E-state index contributed by atoms with van der Waals surface area (Å²) < 4.78 is 3.58. The molecule has 0 heterocycles. The molecule has 0 aromatic rings. The first-order valence-electron chi connectivity index (χ1n) is 8.72. The summed E-state index contributed by atoms with van der Waals surface area (Å²) in [5.41, 5.74) is 3.25. The molecule has 0 aromatic heterocycles. The molecule has 0 nitrogen and oxygen atoms in total. The number of halogens is 2. The first-order chi connectivity index (χ1) is 10.1. The van der Waals surface area contributed by atoms with E-state index in [1.165, 1.54) is 38.5 Å². The smallest absolute Gasteiger partial charge is 0.147 e. The Morgan fingerprint density at radius 1 is 0.826 bits per heavy atom. The molecule has 23 heavy (non-hydrogen) atoms. The van der Waals surface area contributed by atoms with E-state index in [1.54, 1.807) is 17.7 Å². The van der Waals surface area contributed by atoms with Crippen LogP contribution in [0.3, 0.4) is 0 Å². The molecule has 2 aliphatic rings. The topological polar surface area (TPSA) is 0 Å². The van der Waals surface area contributed by atoms with Crippen LogP contribution in [-0.4, -0.2) is 0 Å². The zero-order chi connectivity index (χ0) is 15.2. The van der Waals surface area contributed by atoms with Crippen LogP contribution < -0.4 is 0 Å². The number of hydrogen-bond acceptors (Lipinski definition) is 0. The van der Waals surface area contributed by atoms with Gasteiger partial charge in [0.15, 0.2) is 0 Å². The number of rotatable bonds is 8. The van der Waals surface area contributed by atoms with E-state index in [2.05, 4.69) is 52.0 Å². The van der Waals surface area contributed by atoms with Crippen molar-refractivity contribution in [3.05, 3.63) is 42.0 Å². The molecule has 0 aromatic carbocycles. The molecular formula is C20H32Cl2Zr. The molecule has 0 aliphatic heterocycles. The largest absolute Gasteiger partial charge is 0.147 e. The molecule has 0 radical (unpaired) electrons. The van der Waals surface area contributed by atoms with Gasteiger partial charge in [0, 0.05) is 0 Å². The van der Waals surface area contributed by atoms with Gasteiger partial charge in [-0.1, -0.05) is 0 Å². The molecular weight excluding hydrogens is 402 g/mol. The van der Waals surface area contributed by atoms with E-state index < -0.39 is 23.2 Å². The first kappa shape index (κ1) is 23.4. The van der Waals surface area contributed by atoms with Crippen LogP contribution in [0.4, 0.5) is 0 Å². The molecule has 0 fully saturated rings. The monoisotopic (exact) mass is 432 g/mol. The van der Waals surface area contributed by atoms with Crippen molar-refractivity contribution in [3.63, 3.8) is 0 Å². The van der Waals surface area contributed by atoms with E-state index in [0.29, 0.717) is 0 Å². The molecule has 0 saturated carbocycles. The Labute approximate surface area is 167 Å². The van der Waals surface area contributed by atoms with Crippen LogP contribution in [0.2, 0.25) is 0 Å². The van der Waals surface area contributed by atoms with Crippen molar-refractivity contribution in [3.8, 4) is 0 Å². The van der Waals surface area contributed by atoms with Crippen molar-refractivity contribution in [1.29, 1.82) is 0 Å². The molecule has 0 amide bonds. The molecule has 2 atom stereocenters. The fourth-order valence-electron chi connectivity index (χ4n) is 3.36. The van der Waals surface area contributed by atoms with E-state index >= 15 is 0 Å². The van der Waals surface area contributed by atoms with Gasteiger partial charge in [-0.2, -0.15) is 0 Å². The van der Waals surface area contributed by atoms with Crippen LogP contribution in [-0.2, 0) is 23.2 Å². The predicted octanol–water partition coefficient (Wildman–Crippen LogP) is 7.21. The van der Waals surface area contributed by atoms with Crippen LogP contribution in [0.15, 0.2) is 42.0 Å². The summed E-state index contributed by atoms with van der Waals surface area (Å²) in [6.07, 6.45) is 17.9. The van der Waals surface area contributed by atoms with Gasteiger partial charge in [-0.15, -0.1) is 24.8 Å². The minimum absolute atomic E-state index is 0. The predicted molar refractivity (Wildman–Crippen MR) is 104 cm³/mol. The molecule has 3 heteroatoms. The van der Waals surface area contributed by atoms with Crippen LogP contribution in [0.1, 0.15) is 66.2 Å². The summed E-state index contributed by atoms with van der Waals surface area (Å²) in [4.78, 5) is 0. The zero-order valence-corrected chi connectivity index (χ0v) is 19.1. The molecule has 2 rings (SSSR count). The van der Waals surface area contributed by atoms with Crippen LogP contribution in [0.25, 0.3) is 0 Å². The van der Waals surface area contributed by atoms with Crippen LogP contribution >= 0.6 is 24.8 Å². The molecule has 0 bridgehead atoms. The van der Waals surface area contributed by atoms with Gasteiger partial charge in [0.1, 0.15) is 0 Å². The van der Waals surface area contributed by atoms with Crippen molar-refractivity contribution in [2.45, 2.75) is 66.2 Å². The summed E-state index contributed by atoms with van der Waals surface area (Å²) in [7, 11) is 0. The number of hydrogen-bond donors (Lipinski definition) is 0. The second kappa shape index (κ2) is 11.9. The van der Waals surface area contributed by atoms with Crippen LogP contribution in [0.5, 0.6) is 0 Å². The minimum Gasteiger partial charge on any atom is -0.147 e. The molecule has 2 aliphatic carbocycles. The van der Waals surface area contributed by atoms with Gasteiger partial charge < -0.3 is 0 Å². The summed E-state index contributed by atoms with van der Waals surface area (Å²) in [6.45, 7) is 9.37. The quantitative estimate of drug-likeness (QED) is 0.378. The maximum atomic E-state index is 2.56. The third-order valence-corrected chi connectivity index (χ3v) is 7.99. The average molecular weight is 435 g/mol. The average Bonchev–Trinajstić information content (AvgIpc) is 3.09. The molecule has 130 valence electrons.